The molecule has 0 radical (unpaired) electrons. The summed E-state index contributed by atoms with van der Waals surface area (Å²) in [6.07, 6.45) is 7.44. The zero-order valence-corrected chi connectivity index (χ0v) is 17.5. The van der Waals surface area contributed by atoms with E-state index in [4.69, 9.17) is 13.7 Å². The van der Waals surface area contributed by atoms with Gasteiger partial charge >= 0.3 is 7.12 Å². The van der Waals surface area contributed by atoms with Crippen molar-refractivity contribution in [1.29, 1.82) is 0 Å². The number of unbranched alkanes of at least 4 members (excludes halogenated alkanes) is 2. The minimum absolute atomic E-state index is 0.157. The van der Waals surface area contributed by atoms with Crippen LogP contribution in [0.3, 0.4) is 0 Å². The number of hydrogen-bond donors (Lipinski definition) is 0. The van der Waals surface area contributed by atoms with E-state index in [9.17, 15) is 0 Å². The molecule has 1 aliphatic heterocycles. The standard InChI is InChI=1S/C18H37BO3Si/c1-9-10-11-12-17(22-23(7,8)18(4,5)6)13-14-19-20-15(2)16(3)21-19/h13-17H,9-12H2,1-8H3/b14-13+/t15?,16?,17-/m0/s1. The zero-order valence-electron chi connectivity index (χ0n) is 16.5. The Morgan fingerprint density at radius 3 is 2.17 bits per heavy atom. The first-order valence-corrected chi connectivity index (χ1v) is 12.1. The van der Waals surface area contributed by atoms with Crippen LogP contribution in [0.5, 0.6) is 0 Å². The molecule has 0 saturated carbocycles. The predicted molar refractivity (Wildman–Crippen MR) is 102 cm³/mol. The molecule has 0 amide bonds. The first-order valence-electron chi connectivity index (χ1n) is 9.24. The Labute approximate surface area is 145 Å². The van der Waals surface area contributed by atoms with Crippen LogP contribution >= 0.6 is 0 Å². The third-order valence-electron chi connectivity index (χ3n) is 5.19. The molecule has 3 atom stereocenters. The molecule has 1 aliphatic rings. The van der Waals surface area contributed by atoms with Crippen molar-refractivity contribution in [3.05, 3.63) is 12.1 Å². The molecule has 0 aromatic rings. The highest BCUT2D eigenvalue weighted by molar-refractivity contribution is 6.74. The van der Waals surface area contributed by atoms with E-state index in [2.05, 4.69) is 60.7 Å². The van der Waals surface area contributed by atoms with Crippen LogP contribution < -0.4 is 0 Å². The summed E-state index contributed by atoms with van der Waals surface area (Å²) in [4.78, 5) is 0. The highest BCUT2D eigenvalue weighted by atomic mass is 28.4. The van der Waals surface area contributed by atoms with Crippen molar-refractivity contribution < 1.29 is 13.7 Å². The molecule has 0 N–H and O–H groups in total. The van der Waals surface area contributed by atoms with Gasteiger partial charge in [0.05, 0.1) is 18.3 Å². The van der Waals surface area contributed by atoms with Crippen LogP contribution in [0.4, 0.5) is 0 Å². The van der Waals surface area contributed by atoms with E-state index in [0.717, 1.165) is 6.42 Å². The lowest BCUT2D eigenvalue weighted by Gasteiger charge is -2.38. The minimum atomic E-state index is -1.76. The summed E-state index contributed by atoms with van der Waals surface area (Å²) in [6.45, 7) is 17.9. The molecule has 0 aromatic heterocycles. The highest BCUT2D eigenvalue weighted by Gasteiger charge is 2.39. The summed E-state index contributed by atoms with van der Waals surface area (Å²) in [5.41, 5.74) is 0. The van der Waals surface area contributed by atoms with E-state index in [1.807, 2.05) is 5.98 Å². The monoisotopic (exact) mass is 340 g/mol. The van der Waals surface area contributed by atoms with Gasteiger partial charge in [-0.2, -0.15) is 0 Å². The summed E-state index contributed by atoms with van der Waals surface area (Å²) < 4.78 is 18.2. The fourth-order valence-corrected chi connectivity index (χ4v) is 3.63. The Kier molecular flexibility index (Phi) is 8.05. The molecular formula is C18H37BO3Si. The van der Waals surface area contributed by atoms with Gasteiger partial charge < -0.3 is 13.7 Å². The van der Waals surface area contributed by atoms with Crippen molar-refractivity contribution in [2.75, 3.05) is 0 Å². The van der Waals surface area contributed by atoms with Gasteiger partial charge in [0.1, 0.15) is 0 Å². The fourth-order valence-electron chi connectivity index (χ4n) is 2.33. The first-order chi connectivity index (χ1) is 10.6. The van der Waals surface area contributed by atoms with Crippen LogP contribution in [0.15, 0.2) is 12.1 Å². The molecule has 5 heteroatoms. The Balaban J connectivity index is 2.68. The molecule has 1 fully saturated rings. The Morgan fingerprint density at radius 2 is 1.70 bits per heavy atom. The van der Waals surface area contributed by atoms with Gasteiger partial charge in [-0.25, -0.2) is 0 Å². The van der Waals surface area contributed by atoms with Gasteiger partial charge in [-0.1, -0.05) is 59.0 Å². The molecule has 3 nitrogen and oxygen atoms in total. The van der Waals surface area contributed by atoms with Crippen LogP contribution in [-0.4, -0.2) is 33.7 Å². The summed E-state index contributed by atoms with van der Waals surface area (Å²) in [5, 5.41) is 0.229. The van der Waals surface area contributed by atoms with Crippen LogP contribution in [0.2, 0.25) is 18.1 Å². The average Bonchev–Trinajstić information content (AvgIpc) is 2.73. The maximum Gasteiger partial charge on any atom is 0.486 e. The number of rotatable bonds is 8. The van der Waals surface area contributed by atoms with E-state index in [-0.39, 0.29) is 30.5 Å². The second kappa shape index (κ2) is 8.84. The van der Waals surface area contributed by atoms with Crippen molar-refractivity contribution >= 4 is 15.4 Å². The third kappa shape index (κ3) is 6.73. The number of hydrogen-bond acceptors (Lipinski definition) is 3. The molecule has 0 aromatic carbocycles. The quantitative estimate of drug-likeness (QED) is 0.439. The summed E-state index contributed by atoms with van der Waals surface area (Å²) >= 11 is 0. The van der Waals surface area contributed by atoms with Gasteiger partial charge in [0.25, 0.3) is 0 Å². The molecule has 23 heavy (non-hydrogen) atoms. The van der Waals surface area contributed by atoms with Crippen molar-refractivity contribution in [3.8, 4) is 0 Å². The Morgan fingerprint density at radius 1 is 1.13 bits per heavy atom. The normalized spacial score (nSPS) is 24.6. The van der Waals surface area contributed by atoms with Crippen molar-refractivity contribution in [1.82, 2.24) is 0 Å². The summed E-state index contributed by atoms with van der Waals surface area (Å²) in [5.74, 6) is 2.05. The van der Waals surface area contributed by atoms with E-state index >= 15 is 0 Å². The van der Waals surface area contributed by atoms with E-state index in [1.165, 1.54) is 19.3 Å². The van der Waals surface area contributed by atoms with Crippen LogP contribution in [0, 0.1) is 0 Å². The van der Waals surface area contributed by atoms with Gasteiger partial charge in [-0.3, -0.25) is 0 Å². The van der Waals surface area contributed by atoms with Crippen LogP contribution in [0.1, 0.15) is 67.2 Å². The van der Waals surface area contributed by atoms with Gasteiger partial charge in [0.15, 0.2) is 8.32 Å². The van der Waals surface area contributed by atoms with E-state index < -0.39 is 8.32 Å². The lowest BCUT2D eigenvalue weighted by atomic mass is 9.89. The molecule has 134 valence electrons. The molecule has 1 heterocycles. The first kappa shape index (κ1) is 20.9. The SMILES string of the molecule is CCCCC[C@@H](/C=C/B1OC(C)C(C)O1)O[Si](C)(C)C(C)(C)C. The largest absolute Gasteiger partial charge is 0.486 e. The molecule has 0 aliphatic carbocycles. The van der Waals surface area contributed by atoms with Crippen molar-refractivity contribution in [3.63, 3.8) is 0 Å². The van der Waals surface area contributed by atoms with Crippen molar-refractivity contribution in [2.24, 2.45) is 0 Å². The lowest BCUT2D eigenvalue weighted by Crippen LogP contribution is -2.43. The van der Waals surface area contributed by atoms with Gasteiger partial charge in [0.2, 0.25) is 0 Å². The summed E-state index contributed by atoms with van der Waals surface area (Å²) in [6, 6.07) is 0. The van der Waals surface area contributed by atoms with Gasteiger partial charge in [0, 0.05) is 0 Å². The minimum Gasteiger partial charge on any atom is -0.411 e. The Hall–Kier alpha value is -0.0982. The smallest absolute Gasteiger partial charge is 0.411 e. The molecule has 0 bridgehead atoms. The lowest BCUT2D eigenvalue weighted by molar-refractivity contribution is 0.187. The zero-order chi connectivity index (χ0) is 17.7. The second-order valence-corrected chi connectivity index (χ2v) is 13.1. The third-order valence-corrected chi connectivity index (χ3v) is 9.69. The van der Waals surface area contributed by atoms with Crippen LogP contribution in [-0.2, 0) is 13.7 Å². The van der Waals surface area contributed by atoms with Crippen LogP contribution in [0.25, 0.3) is 0 Å². The molecule has 2 unspecified atom stereocenters. The predicted octanol–water partition coefficient (Wildman–Crippen LogP) is 5.36. The second-order valence-electron chi connectivity index (χ2n) is 8.35. The van der Waals surface area contributed by atoms with Gasteiger partial charge in [-0.05, 0) is 38.4 Å². The fraction of sp³-hybridized carbons (Fsp3) is 0.889. The topological polar surface area (TPSA) is 27.7 Å². The maximum absolute atomic E-state index is 6.60. The Bertz CT molecular complexity index is 369. The molecular weight excluding hydrogens is 303 g/mol. The highest BCUT2D eigenvalue weighted by Crippen LogP contribution is 2.38. The maximum atomic E-state index is 6.60. The molecule has 1 saturated heterocycles. The van der Waals surface area contributed by atoms with Gasteiger partial charge in [-0.15, -0.1) is 0 Å². The molecule has 0 spiro atoms. The molecule has 1 rings (SSSR count). The van der Waals surface area contributed by atoms with E-state index in [1.54, 1.807) is 0 Å². The van der Waals surface area contributed by atoms with E-state index in [0.29, 0.717) is 0 Å². The van der Waals surface area contributed by atoms with Crippen molar-refractivity contribution in [2.45, 2.75) is 104 Å². The summed E-state index contributed by atoms with van der Waals surface area (Å²) in [7, 11) is -1.99. The average molecular weight is 340 g/mol.